The van der Waals surface area contributed by atoms with Crippen LogP contribution in [0.2, 0.25) is 0 Å². The molecule has 0 saturated carbocycles. The molecular weight excluding hydrogens is 432 g/mol. The highest BCUT2D eigenvalue weighted by molar-refractivity contribution is 7.23. The number of rotatable bonds is 8. The summed E-state index contributed by atoms with van der Waals surface area (Å²) in [5.41, 5.74) is 2.05. The fraction of sp³-hybridized carbons (Fsp3) is 0.143. The van der Waals surface area contributed by atoms with Crippen LogP contribution in [-0.4, -0.2) is 36.2 Å². The number of hydrogen-bond acceptors (Lipinski definition) is 7. The smallest absolute Gasteiger partial charge is 0.320 e. The first-order valence-electron chi connectivity index (χ1n) is 9.39. The Morgan fingerprint density at radius 1 is 1.23 bits per heavy atom. The molecule has 0 aliphatic heterocycles. The molecule has 31 heavy (non-hydrogen) atoms. The summed E-state index contributed by atoms with van der Waals surface area (Å²) in [5.74, 6) is 0.0285. The van der Waals surface area contributed by atoms with Crippen LogP contribution in [0.25, 0.3) is 9.88 Å². The molecule has 2 heterocycles. The van der Waals surface area contributed by atoms with Gasteiger partial charge in [0.05, 0.1) is 10.6 Å². The Kier molecular flexibility index (Phi) is 7.16. The number of nitrogens with zero attached hydrogens (tertiary/aromatic N) is 1. The molecule has 0 radical (unpaired) electrons. The van der Waals surface area contributed by atoms with Gasteiger partial charge in [0.25, 0.3) is 5.91 Å². The molecule has 0 saturated heterocycles. The zero-order valence-electron chi connectivity index (χ0n) is 17.0. The lowest BCUT2D eigenvalue weighted by atomic mass is 10.0. The topological polar surface area (TPSA) is 119 Å². The maximum atomic E-state index is 11.9. The van der Waals surface area contributed by atoms with Gasteiger partial charge in [-0.2, -0.15) is 0 Å². The largest absolute Gasteiger partial charge is 0.354 e. The number of aromatic nitrogens is 1. The van der Waals surface area contributed by atoms with Crippen LogP contribution in [0.5, 0.6) is 0 Å². The van der Waals surface area contributed by atoms with Crippen LogP contribution < -0.4 is 21.3 Å². The molecule has 0 spiro atoms. The first kappa shape index (κ1) is 22.2. The normalized spacial score (nSPS) is 10.3. The first-order valence-corrected chi connectivity index (χ1v) is 11.1. The molecule has 3 aromatic rings. The predicted molar refractivity (Wildman–Crippen MR) is 126 cm³/mol. The molecule has 3 rings (SSSR count). The van der Waals surface area contributed by atoms with Crippen molar-refractivity contribution >= 4 is 45.3 Å². The fourth-order valence-corrected chi connectivity index (χ4v) is 4.62. The molecular formula is C21H22N6O2S2. The first-order chi connectivity index (χ1) is 14.9. The van der Waals surface area contributed by atoms with Crippen molar-refractivity contribution in [2.75, 3.05) is 18.9 Å². The molecule has 0 bridgehead atoms. The number of thiazole rings is 1. The third-order valence-electron chi connectivity index (χ3n) is 4.10. The van der Waals surface area contributed by atoms with Gasteiger partial charge in [0.15, 0.2) is 0 Å². The second-order valence-electron chi connectivity index (χ2n) is 6.30. The van der Waals surface area contributed by atoms with E-state index in [1.807, 2.05) is 43.3 Å². The van der Waals surface area contributed by atoms with Crippen molar-refractivity contribution in [3.8, 4) is 9.88 Å². The second kappa shape index (κ2) is 10.0. The Hall–Kier alpha value is -3.50. The van der Waals surface area contributed by atoms with E-state index in [4.69, 9.17) is 5.41 Å². The van der Waals surface area contributed by atoms with Gasteiger partial charge in [0.2, 0.25) is 0 Å². The van der Waals surface area contributed by atoms with Crippen molar-refractivity contribution in [3.63, 3.8) is 0 Å². The maximum absolute atomic E-state index is 11.9. The molecule has 160 valence electrons. The minimum absolute atomic E-state index is 0.255. The SMILES string of the molecule is C=C(NC(=O)NCC)Nc1sc(-c2nc(C(=O)NC)cs2)cc1C(=N)c1ccccc1. The Morgan fingerprint density at radius 3 is 2.65 bits per heavy atom. The van der Waals surface area contributed by atoms with E-state index in [0.29, 0.717) is 33.5 Å². The van der Waals surface area contributed by atoms with E-state index in [9.17, 15) is 9.59 Å². The van der Waals surface area contributed by atoms with E-state index in [-0.39, 0.29) is 17.8 Å². The van der Waals surface area contributed by atoms with Gasteiger partial charge < -0.3 is 16.0 Å². The lowest BCUT2D eigenvalue weighted by Gasteiger charge is -2.12. The van der Waals surface area contributed by atoms with Gasteiger partial charge >= 0.3 is 6.03 Å². The van der Waals surface area contributed by atoms with Gasteiger partial charge in [0, 0.05) is 30.1 Å². The van der Waals surface area contributed by atoms with Crippen LogP contribution in [0.4, 0.5) is 9.80 Å². The van der Waals surface area contributed by atoms with Crippen LogP contribution in [0.1, 0.15) is 28.5 Å². The molecule has 1 aromatic carbocycles. The highest BCUT2D eigenvalue weighted by atomic mass is 32.1. The third kappa shape index (κ3) is 5.36. The van der Waals surface area contributed by atoms with Crippen LogP contribution >= 0.6 is 22.7 Å². The summed E-state index contributed by atoms with van der Waals surface area (Å²) in [5, 5.41) is 22.6. The summed E-state index contributed by atoms with van der Waals surface area (Å²) in [6, 6.07) is 10.8. The monoisotopic (exact) mass is 454 g/mol. The Bertz CT molecular complexity index is 1120. The molecule has 5 N–H and O–H groups in total. The van der Waals surface area contributed by atoms with Crippen molar-refractivity contribution in [1.82, 2.24) is 20.9 Å². The van der Waals surface area contributed by atoms with Gasteiger partial charge in [-0.1, -0.05) is 36.9 Å². The molecule has 0 aliphatic rings. The van der Waals surface area contributed by atoms with Crippen LogP contribution in [0.15, 0.2) is 54.2 Å². The van der Waals surface area contributed by atoms with Gasteiger partial charge in [-0.3, -0.25) is 15.5 Å². The Morgan fingerprint density at radius 2 is 1.97 bits per heavy atom. The molecule has 2 aromatic heterocycles. The van der Waals surface area contributed by atoms with E-state index < -0.39 is 0 Å². The summed E-state index contributed by atoms with van der Waals surface area (Å²) in [4.78, 5) is 28.9. The van der Waals surface area contributed by atoms with E-state index in [1.54, 1.807) is 12.4 Å². The van der Waals surface area contributed by atoms with Gasteiger partial charge in [0.1, 0.15) is 21.5 Å². The van der Waals surface area contributed by atoms with Gasteiger partial charge in [-0.15, -0.1) is 22.7 Å². The van der Waals surface area contributed by atoms with E-state index in [0.717, 1.165) is 10.4 Å². The zero-order valence-corrected chi connectivity index (χ0v) is 18.7. The van der Waals surface area contributed by atoms with Crippen molar-refractivity contribution in [2.24, 2.45) is 0 Å². The lowest BCUT2D eigenvalue weighted by Crippen LogP contribution is -2.36. The number of hydrogen-bond donors (Lipinski definition) is 5. The summed E-state index contributed by atoms with van der Waals surface area (Å²) in [6.07, 6.45) is 0. The number of carbonyl (C=O) groups excluding carboxylic acids is 2. The Balaban J connectivity index is 1.94. The van der Waals surface area contributed by atoms with E-state index in [2.05, 4.69) is 32.8 Å². The number of amides is 3. The minimum Gasteiger partial charge on any atom is -0.354 e. The molecule has 10 heteroatoms. The van der Waals surface area contributed by atoms with E-state index in [1.165, 1.54) is 22.7 Å². The number of carbonyl (C=O) groups is 2. The molecule has 0 fully saturated rings. The van der Waals surface area contributed by atoms with Crippen LogP contribution in [0, 0.1) is 5.41 Å². The molecule has 8 nitrogen and oxygen atoms in total. The quantitative estimate of drug-likeness (QED) is 0.332. The van der Waals surface area contributed by atoms with Gasteiger partial charge in [-0.05, 0) is 13.0 Å². The number of anilines is 1. The number of nitrogens with one attached hydrogen (secondary N) is 5. The molecule has 0 atom stereocenters. The van der Waals surface area contributed by atoms with Crippen molar-refractivity contribution in [2.45, 2.75) is 6.92 Å². The third-order valence-corrected chi connectivity index (χ3v) is 6.17. The maximum Gasteiger partial charge on any atom is 0.320 e. The second-order valence-corrected chi connectivity index (χ2v) is 8.21. The molecule has 3 amide bonds. The van der Waals surface area contributed by atoms with Gasteiger partial charge in [-0.25, -0.2) is 9.78 Å². The fourth-order valence-electron chi connectivity index (χ4n) is 2.66. The average molecular weight is 455 g/mol. The minimum atomic E-state index is -0.369. The lowest BCUT2D eigenvalue weighted by molar-refractivity contribution is 0.0959. The summed E-state index contributed by atoms with van der Waals surface area (Å²) >= 11 is 2.72. The zero-order chi connectivity index (χ0) is 22.4. The van der Waals surface area contributed by atoms with E-state index >= 15 is 0 Å². The summed E-state index contributed by atoms with van der Waals surface area (Å²) < 4.78 is 0. The van der Waals surface area contributed by atoms with Crippen LogP contribution in [-0.2, 0) is 0 Å². The average Bonchev–Trinajstić information content (AvgIpc) is 3.41. The summed E-state index contributed by atoms with van der Waals surface area (Å²) in [7, 11) is 1.56. The molecule has 0 aliphatic carbocycles. The standard InChI is InChI=1S/C21H22N6O2S2/c1-4-24-21(29)26-12(2)25-19-14(17(22)13-8-6-5-7-9-13)10-16(31-19)20-27-15(11-30-20)18(28)23-3/h5-11,22,25H,2,4H2,1,3H3,(H,23,28)(H2,24,26,29). The number of thiophene rings is 1. The Labute approximate surface area is 187 Å². The van der Waals surface area contributed by atoms with Crippen molar-refractivity contribution in [1.29, 1.82) is 5.41 Å². The number of benzene rings is 1. The summed E-state index contributed by atoms with van der Waals surface area (Å²) in [6.45, 7) is 6.16. The molecule has 0 unspecified atom stereocenters. The highest BCUT2D eigenvalue weighted by Gasteiger charge is 2.19. The van der Waals surface area contributed by atoms with Crippen LogP contribution in [0.3, 0.4) is 0 Å². The van der Waals surface area contributed by atoms with Crippen molar-refractivity contribution in [3.05, 3.63) is 71.0 Å². The highest BCUT2D eigenvalue weighted by Crippen LogP contribution is 2.38. The predicted octanol–water partition coefficient (Wildman–Crippen LogP) is 3.85. The van der Waals surface area contributed by atoms with Crippen molar-refractivity contribution < 1.29 is 9.59 Å². The number of urea groups is 1.